The molecule has 1 aliphatic heterocycles. The van der Waals surface area contributed by atoms with E-state index >= 15 is 0 Å². The van der Waals surface area contributed by atoms with Crippen molar-refractivity contribution in [2.75, 3.05) is 4.90 Å². The Morgan fingerprint density at radius 3 is 1.85 bits per heavy atom. The van der Waals surface area contributed by atoms with Gasteiger partial charge in [-0.25, -0.2) is 4.99 Å². The zero-order chi connectivity index (χ0) is 22.7. The van der Waals surface area contributed by atoms with Crippen molar-refractivity contribution in [1.82, 2.24) is 0 Å². The number of hydrogen-bond donors (Lipinski definition) is 0. The minimum absolute atomic E-state index is 0.0185. The van der Waals surface area contributed by atoms with Crippen molar-refractivity contribution in [3.8, 4) is 0 Å². The number of para-hydroxylation sites is 2. The van der Waals surface area contributed by atoms with E-state index in [1.807, 2.05) is 36.4 Å². The average Bonchev–Trinajstić information content (AvgIpc) is 3.20. The second-order valence-corrected chi connectivity index (χ2v) is 8.35. The topological polar surface area (TPSA) is 28.0 Å². The van der Waals surface area contributed by atoms with Gasteiger partial charge in [-0.1, -0.05) is 97.1 Å². The Morgan fingerprint density at radius 1 is 0.727 bits per heavy atom. The van der Waals surface area contributed by atoms with Crippen LogP contribution in [0.5, 0.6) is 0 Å². The van der Waals surface area contributed by atoms with Crippen LogP contribution in [0.25, 0.3) is 0 Å². The SMILES string of the molecule is CC(=Nc1ccccc1)C1(c2ccccc2)N=C(c2ccccc2)N(c2ccccc2)C1C. The molecule has 5 rings (SSSR count). The van der Waals surface area contributed by atoms with E-state index in [4.69, 9.17) is 9.98 Å². The van der Waals surface area contributed by atoms with Crippen LogP contribution in [-0.4, -0.2) is 17.6 Å². The molecule has 0 saturated carbocycles. The van der Waals surface area contributed by atoms with Gasteiger partial charge in [-0.15, -0.1) is 0 Å². The molecule has 4 aromatic carbocycles. The van der Waals surface area contributed by atoms with Crippen molar-refractivity contribution in [3.05, 3.63) is 132 Å². The van der Waals surface area contributed by atoms with Gasteiger partial charge < -0.3 is 4.90 Å². The lowest BCUT2D eigenvalue weighted by Crippen LogP contribution is -2.47. The van der Waals surface area contributed by atoms with Gasteiger partial charge in [-0.2, -0.15) is 0 Å². The molecule has 0 spiro atoms. The van der Waals surface area contributed by atoms with E-state index in [-0.39, 0.29) is 6.04 Å². The van der Waals surface area contributed by atoms with Gasteiger partial charge in [0.25, 0.3) is 0 Å². The molecule has 0 bridgehead atoms. The maximum Gasteiger partial charge on any atom is 0.146 e. The van der Waals surface area contributed by atoms with Crippen molar-refractivity contribution >= 4 is 22.9 Å². The monoisotopic (exact) mass is 429 g/mol. The van der Waals surface area contributed by atoms with Crippen LogP contribution in [0, 0.1) is 0 Å². The summed E-state index contributed by atoms with van der Waals surface area (Å²) in [5, 5.41) is 0. The Labute approximate surface area is 195 Å². The van der Waals surface area contributed by atoms with Crippen LogP contribution >= 0.6 is 0 Å². The highest BCUT2D eigenvalue weighted by molar-refractivity contribution is 6.15. The largest absolute Gasteiger partial charge is 0.320 e. The Morgan fingerprint density at radius 2 is 1.24 bits per heavy atom. The molecule has 0 fully saturated rings. The van der Waals surface area contributed by atoms with E-state index in [2.05, 4.69) is 104 Å². The smallest absolute Gasteiger partial charge is 0.146 e. The van der Waals surface area contributed by atoms with E-state index in [1.165, 1.54) is 0 Å². The maximum atomic E-state index is 5.51. The highest BCUT2D eigenvalue weighted by atomic mass is 15.3. The first-order valence-corrected chi connectivity index (χ1v) is 11.4. The molecule has 0 radical (unpaired) electrons. The molecule has 3 nitrogen and oxygen atoms in total. The molecule has 2 unspecified atom stereocenters. The summed E-state index contributed by atoms with van der Waals surface area (Å²) in [6, 6.07) is 41.7. The van der Waals surface area contributed by atoms with Gasteiger partial charge in [0.15, 0.2) is 0 Å². The molecule has 1 aliphatic rings. The summed E-state index contributed by atoms with van der Waals surface area (Å²) in [7, 11) is 0. The third kappa shape index (κ3) is 3.76. The Bertz CT molecular complexity index is 1270. The number of aliphatic imine (C=N–C) groups is 2. The standard InChI is InChI=1S/C30H27N3/c1-23(31-27-19-11-5-12-20-27)30(26-17-9-4-10-18-26)24(2)33(28-21-13-6-14-22-28)29(32-30)25-15-7-3-8-16-25/h3-22,24H,1-2H3. The van der Waals surface area contributed by atoms with Crippen LogP contribution in [0.15, 0.2) is 131 Å². The Kier molecular flexibility index (Phi) is 5.62. The Hall–Kier alpha value is -3.98. The van der Waals surface area contributed by atoms with Crippen molar-refractivity contribution in [2.45, 2.75) is 25.4 Å². The highest BCUT2D eigenvalue weighted by Gasteiger charge is 2.50. The number of anilines is 1. The van der Waals surface area contributed by atoms with E-state index in [1.54, 1.807) is 0 Å². The molecular weight excluding hydrogens is 402 g/mol. The van der Waals surface area contributed by atoms with E-state index in [0.717, 1.165) is 34.0 Å². The molecule has 33 heavy (non-hydrogen) atoms. The number of rotatable bonds is 5. The lowest BCUT2D eigenvalue weighted by atomic mass is 9.80. The molecule has 0 N–H and O–H groups in total. The second kappa shape index (κ2) is 8.87. The predicted octanol–water partition coefficient (Wildman–Crippen LogP) is 7.03. The van der Waals surface area contributed by atoms with Crippen LogP contribution in [0.4, 0.5) is 11.4 Å². The number of nitrogens with zero attached hydrogens (tertiary/aromatic N) is 3. The van der Waals surface area contributed by atoms with Gasteiger partial charge in [-0.3, -0.25) is 4.99 Å². The first-order valence-electron chi connectivity index (χ1n) is 11.4. The summed E-state index contributed by atoms with van der Waals surface area (Å²) >= 11 is 0. The predicted molar refractivity (Wildman–Crippen MR) is 139 cm³/mol. The summed E-state index contributed by atoms with van der Waals surface area (Å²) in [6.07, 6.45) is 0. The van der Waals surface area contributed by atoms with E-state index < -0.39 is 5.54 Å². The fraction of sp³-hybridized carbons (Fsp3) is 0.133. The van der Waals surface area contributed by atoms with E-state index in [0.29, 0.717) is 0 Å². The van der Waals surface area contributed by atoms with Gasteiger partial charge in [0.05, 0.1) is 11.7 Å². The molecule has 1 heterocycles. The zero-order valence-corrected chi connectivity index (χ0v) is 19.0. The first kappa shape index (κ1) is 20.9. The lowest BCUT2D eigenvalue weighted by molar-refractivity contribution is 0.528. The molecule has 4 aromatic rings. The van der Waals surface area contributed by atoms with Crippen LogP contribution in [0.2, 0.25) is 0 Å². The molecule has 0 amide bonds. The van der Waals surface area contributed by atoms with Crippen molar-refractivity contribution in [3.63, 3.8) is 0 Å². The second-order valence-electron chi connectivity index (χ2n) is 8.35. The fourth-order valence-electron chi connectivity index (χ4n) is 4.78. The van der Waals surface area contributed by atoms with Gasteiger partial charge in [0, 0.05) is 17.0 Å². The zero-order valence-electron chi connectivity index (χ0n) is 19.0. The number of benzene rings is 4. The van der Waals surface area contributed by atoms with Crippen LogP contribution in [0.1, 0.15) is 25.0 Å². The van der Waals surface area contributed by atoms with Crippen molar-refractivity contribution in [2.24, 2.45) is 9.98 Å². The van der Waals surface area contributed by atoms with Gasteiger partial charge >= 0.3 is 0 Å². The summed E-state index contributed by atoms with van der Waals surface area (Å²) in [5.74, 6) is 0.959. The molecular formula is C30H27N3. The minimum Gasteiger partial charge on any atom is -0.320 e. The maximum absolute atomic E-state index is 5.51. The molecule has 0 saturated heterocycles. The van der Waals surface area contributed by atoms with Gasteiger partial charge in [-0.05, 0) is 43.7 Å². The third-order valence-corrected chi connectivity index (χ3v) is 6.39. The van der Waals surface area contributed by atoms with Crippen molar-refractivity contribution in [1.29, 1.82) is 0 Å². The van der Waals surface area contributed by atoms with E-state index in [9.17, 15) is 0 Å². The third-order valence-electron chi connectivity index (χ3n) is 6.39. The average molecular weight is 430 g/mol. The first-order chi connectivity index (χ1) is 16.2. The number of amidine groups is 1. The van der Waals surface area contributed by atoms with Crippen LogP contribution < -0.4 is 4.90 Å². The quantitative estimate of drug-likeness (QED) is 0.313. The Balaban J connectivity index is 1.76. The van der Waals surface area contributed by atoms with Crippen molar-refractivity contribution < 1.29 is 0 Å². The lowest BCUT2D eigenvalue weighted by Gasteiger charge is -2.36. The number of hydrogen-bond acceptors (Lipinski definition) is 3. The molecule has 0 aliphatic carbocycles. The van der Waals surface area contributed by atoms with Crippen LogP contribution in [0.3, 0.4) is 0 Å². The van der Waals surface area contributed by atoms with Gasteiger partial charge in [0.2, 0.25) is 0 Å². The molecule has 0 aromatic heterocycles. The minimum atomic E-state index is -0.627. The summed E-state index contributed by atoms with van der Waals surface area (Å²) < 4.78 is 0. The van der Waals surface area contributed by atoms with Gasteiger partial charge in [0.1, 0.15) is 11.4 Å². The summed E-state index contributed by atoms with van der Waals surface area (Å²) in [4.78, 5) is 12.9. The fourth-order valence-corrected chi connectivity index (χ4v) is 4.78. The van der Waals surface area contributed by atoms with Crippen LogP contribution in [-0.2, 0) is 5.54 Å². The molecule has 3 heteroatoms. The normalized spacial score (nSPS) is 20.5. The summed E-state index contributed by atoms with van der Waals surface area (Å²) in [5.41, 5.74) is 4.64. The molecule has 2 atom stereocenters. The summed E-state index contributed by atoms with van der Waals surface area (Å²) in [6.45, 7) is 4.36. The highest BCUT2D eigenvalue weighted by Crippen LogP contribution is 2.43. The molecule has 162 valence electrons.